The van der Waals surface area contributed by atoms with Gasteiger partial charge in [-0.1, -0.05) is 15.9 Å². The van der Waals surface area contributed by atoms with Crippen molar-refractivity contribution >= 4 is 27.5 Å². The van der Waals surface area contributed by atoms with Crippen LogP contribution in [-0.2, 0) is 5.92 Å². The van der Waals surface area contributed by atoms with Crippen molar-refractivity contribution in [2.45, 2.75) is 12.8 Å². The van der Waals surface area contributed by atoms with Gasteiger partial charge in [0.25, 0.3) is 11.8 Å². The van der Waals surface area contributed by atoms with Crippen LogP contribution in [0.25, 0.3) is 0 Å². The first kappa shape index (κ1) is 13.7. The molecule has 0 radical (unpaired) electrons. The summed E-state index contributed by atoms with van der Waals surface area (Å²) in [5.74, 6) is -3.35. The van der Waals surface area contributed by atoms with Gasteiger partial charge in [-0.3, -0.25) is 4.79 Å². The Bertz CT molecular complexity index is 591. The maximum Gasteiger partial charge on any atom is 0.291 e. The Kier molecular flexibility index (Phi) is 3.71. The molecule has 1 N–H and O–H groups in total. The third-order valence-electron chi connectivity index (χ3n) is 2.41. The van der Waals surface area contributed by atoms with E-state index in [-0.39, 0.29) is 17.0 Å². The van der Waals surface area contributed by atoms with E-state index in [1.807, 2.05) is 0 Å². The smallest absolute Gasteiger partial charge is 0.291 e. The molecule has 19 heavy (non-hydrogen) atoms. The van der Waals surface area contributed by atoms with Crippen LogP contribution in [0.2, 0.25) is 0 Å². The molecule has 3 nitrogen and oxygen atoms in total. The highest BCUT2D eigenvalue weighted by Gasteiger charge is 2.25. The molecule has 0 fully saturated rings. The zero-order chi connectivity index (χ0) is 14.0. The lowest BCUT2D eigenvalue weighted by molar-refractivity contribution is 0.0174. The van der Waals surface area contributed by atoms with Gasteiger partial charge in [-0.05, 0) is 30.3 Å². The van der Waals surface area contributed by atoms with Gasteiger partial charge in [-0.15, -0.1) is 0 Å². The number of hydrogen-bond donors (Lipinski definition) is 1. The largest absolute Gasteiger partial charge is 0.459 e. The van der Waals surface area contributed by atoms with Gasteiger partial charge in [0.15, 0.2) is 5.76 Å². The van der Waals surface area contributed by atoms with Gasteiger partial charge in [0.2, 0.25) is 0 Å². The van der Waals surface area contributed by atoms with Crippen LogP contribution in [0.5, 0.6) is 0 Å². The van der Waals surface area contributed by atoms with Crippen molar-refractivity contribution in [3.8, 4) is 0 Å². The van der Waals surface area contributed by atoms with E-state index in [2.05, 4.69) is 21.2 Å². The molecule has 2 rings (SSSR count). The topological polar surface area (TPSA) is 42.2 Å². The fraction of sp³-hybridized carbons (Fsp3) is 0.154. The Morgan fingerprint density at radius 2 is 2.11 bits per heavy atom. The van der Waals surface area contributed by atoms with Crippen LogP contribution in [0.15, 0.2) is 45.5 Å². The summed E-state index contributed by atoms with van der Waals surface area (Å²) in [5.41, 5.74) is 0.0870. The van der Waals surface area contributed by atoms with E-state index >= 15 is 0 Å². The van der Waals surface area contributed by atoms with E-state index in [0.29, 0.717) is 4.47 Å². The van der Waals surface area contributed by atoms with Crippen molar-refractivity contribution in [2.75, 3.05) is 5.32 Å². The number of anilines is 1. The molecule has 6 heteroatoms. The maximum atomic E-state index is 13.3. The second-order valence-electron chi connectivity index (χ2n) is 4.05. The van der Waals surface area contributed by atoms with Crippen LogP contribution >= 0.6 is 15.9 Å². The van der Waals surface area contributed by atoms with Gasteiger partial charge in [0.1, 0.15) is 0 Å². The van der Waals surface area contributed by atoms with Gasteiger partial charge in [0, 0.05) is 22.6 Å². The Hall–Kier alpha value is -1.69. The number of halogens is 3. The lowest BCUT2D eigenvalue weighted by Crippen LogP contribution is -2.13. The molecule has 1 heterocycles. The molecule has 100 valence electrons. The maximum absolute atomic E-state index is 13.3. The van der Waals surface area contributed by atoms with Crippen molar-refractivity contribution in [3.63, 3.8) is 0 Å². The molecule has 2 aromatic rings. The molecule has 0 aliphatic rings. The van der Waals surface area contributed by atoms with Crippen LogP contribution in [0, 0.1) is 0 Å². The lowest BCUT2D eigenvalue weighted by Gasteiger charge is -2.13. The van der Waals surface area contributed by atoms with Crippen molar-refractivity contribution in [3.05, 3.63) is 52.4 Å². The number of amides is 1. The van der Waals surface area contributed by atoms with Crippen LogP contribution in [0.3, 0.4) is 0 Å². The Balaban J connectivity index is 2.26. The highest BCUT2D eigenvalue weighted by atomic mass is 79.9. The zero-order valence-corrected chi connectivity index (χ0v) is 11.5. The summed E-state index contributed by atoms with van der Waals surface area (Å²) in [6.45, 7) is 0.799. The summed E-state index contributed by atoms with van der Waals surface area (Å²) in [5, 5.41) is 2.50. The fourth-order valence-electron chi connectivity index (χ4n) is 1.52. The Morgan fingerprint density at radius 3 is 2.68 bits per heavy atom. The van der Waals surface area contributed by atoms with Gasteiger partial charge < -0.3 is 9.73 Å². The zero-order valence-electron chi connectivity index (χ0n) is 9.91. The quantitative estimate of drug-likeness (QED) is 0.906. The number of hydrogen-bond acceptors (Lipinski definition) is 2. The second-order valence-corrected chi connectivity index (χ2v) is 4.96. The minimum Gasteiger partial charge on any atom is -0.459 e. The first-order valence-corrected chi connectivity index (χ1v) is 6.19. The van der Waals surface area contributed by atoms with Gasteiger partial charge in [0.05, 0.1) is 6.26 Å². The van der Waals surface area contributed by atoms with E-state index in [1.54, 1.807) is 6.07 Å². The number of nitrogens with one attached hydrogen (secondary N) is 1. The number of carbonyl (C=O) groups excluding carboxylic acids is 1. The molecule has 0 atom stereocenters. The van der Waals surface area contributed by atoms with E-state index in [0.717, 1.165) is 6.92 Å². The van der Waals surface area contributed by atoms with Crippen LogP contribution in [-0.4, -0.2) is 5.91 Å². The molecule has 1 aromatic heterocycles. The predicted molar refractivity (Wildman–Crippen MR) is 70.4 cm³/mol. The molecule has 0 spiro atoms. The molecule has 0 saturated carbocycles. The summed E-state index contributed by atoms with van der Waals surface area (Å²) in [6, 6.07) is 7.13. The van der Waals surface area contributed by atoms with E-state index < -0.39 is 11.8 Å². The van der Waals surface area contributed by atoms with E-state index in [1.165, 1.54) is 30.5 Å². The molecule has 0 aliphatic heterocycles. The molecule has 0 unspecified atom stereocenters. The minimum absolute atomic E-state index is 0.116. The first-order chi connectivity index (χ1) is 8.86. The minimum atomic E-state index is -2.98. The molecule has 1 aromatic carbocycles. The van der Waals surface area contributed by atoms with E-state index in [9.17, 15) is 13.6 Å². The summed E-state index contributed by atoms with van der Waals surface area (Å²) in [7, 11) is 0. The van der Waals surface area contributed by atoms with Crippen LogP contribution in [0.4, 0.5) is 14.5 Å². The average molecular weight is 330 g/mol. The molecule has 1 amide bonds. The van der Waals surface area contributed by atoms with Crippen LogP contribution < -0.4 is 5.32 Å². The van der Waals surface area contributed by atoms with Gasteiger partial charge in [-0.2, -0.15) is 0 Å². The number of benzene rings is 1. The predicted octanol–water partition coefficient (Wildman–Crippen LogP) is 4.41. The summed E-state index contributed by atoms with van der Waals surface area (Å²) in [4.78, 5) is 11.7. The number of alkyl halides is 2. The molecule has 0 bridgehead atoms. The molecular formula is C13H10BrF2NO2. The Morgan fingerprint density at radius 1 is 1.37 bits per heavy atom. The number of rotatable bonds is 3. The van der Waals surface area contributed by atoms with Crippen molar-refractivity contribution in [1.82, 2.24) is 0 Å². The average Bonchev–Trinajstić information content (AvgIpc) is 2.80. The van der Waals surface area contributed by atoms with Crippen molar-refractivity contribution in [2.24, 2.45) is 0 Å². The second kappa shape index (κ2) is 5.13. The Labute approximate surface area is 116 Å². The van der Waals surface area contributed by atoms with Crippen LogP contribution in [0.1, 0.15) is 23.0 Å². The van der Waals surface area contributed by atoms with Crippen molar-refractivity contribution in [1.29, 1.82) is 0 Å². The number of carbonyl (C=O) groups is 1. The standard InChI is InChI=1S/C13H10BrF2NO2/c1-13(15,16)8-5-9(14)7-10(6-8)17-12(18)11-3-2-4-19-11/h2-7H,1H3,(H,17,18). The highest BCUT2D eigenvalue weighted by molar-refractivity contribution is 9.10. The first-order valence-electron chi connectivity index (χ1n) is 5.40. The van der Waals surface area contributed by atoms with Gasteiger partial charge in [-0.25, -0.2) is 8.78 Å². The molecule has 0 saturated heterocycles. The summed E-state index contributed by atoms with van der Waals surface area (Å²) in [6.07, 6.45) is 1.36. The normalized spacial score (nSPS) is 11.4. The molecular weight excluding hydrogens is 320 g/mol. The number of furan rings is 1. The third-order valence-corrected chi connectivity index (χ3v) is 2.87. The van der Waals surface area contributed by atoms with E-state index in [4.69, 9.17) is 4.42 Å². The lowest BCUT2D eigenvalue weighted by atomic mass is 10.1. The third kappa shape index (κ3) is 3.41. The fourth-order valence-corrected chi connectivity index (χ4v) is 2.01. The summed E-state index contributed by atoms with van der Waals surface area (Å²) >= 11 is 3.14. The monoisotopic (exact) mass is 329 g/mol. The van der Waals surface area contributed by atoms with Gasteiger partial charge >= 0.3 is 0 Å². The summed E-state index contributed by atoms with van der Waals surface area (Å²) < 4.78 is 31.9. The highest BCUT2D eigenvalue weighted by Crippen LogP contribution is 2.31. The SMILES string of the molecule is CC(F)(F)c1cc(Br)cc(NC(=O)c2ccco2)c1. The molecule has 0 aliphatic carbocycles. The van der Waals surface area contributed by atoms with Crippen molar-refractivity contribution < 1.29 is 18.0 Å².